The number of benzene rings is 2. The maximum absolute atomic E-state index is 13.6. The monoisotopic (exact) mass is 401 g/mol. The van der Waals surface area contributed by atoms with Gasteiger partial charge in [-0.05, 0) is 67.8 Å². The first-order valence-corrected chi connectivity index (χ1v) is 7.26. The standard InChI is InChI=1S/C14H10Br2FNO2/c15-10-3-1-8(5-11(10)16)7-18-13-6-9(14(19)20)2-4-12(13)17/h1-6,18H,7H2,(H,19,20). The zero-order valence-electron chi connectivity index (χ0n) is 10.2. The van der Waals surface area contributed by atoms with Gasteiger partial charge in [-0.3, -0.25) is 0 Å². The van der Waals surface area contributed by atoms with Crippen LogP contribution in [0.3, 0.4) is 0 Å². The third kappa shape index (κ3) is 3.58. The van der Waals surface area contributed by atoms with E-state index in [-0.39, 0.29) is 11.3 Å². The Labute approximate surface area is 132 Å². The predicted molar refractivity (Wildman–Crippen MR) is 82.5 cm³/mol. The van der Waals surface area contributed by atoms with Gasteiger partial charge < -0.3 is 10.4 Å². The van der Waals surface area contributed by atoms with Crippen molar-refractivity contribution >= 4 is 43.5 Å². The molecule has 0 saturated heterocycles. The molecule has 0 bridgehead atoms. The zero-order valence-corrected chi connectivity index (χ0v) is 13.3. The SMILES string of the molecule is O=C(O)c1ccc(F)c(NCc2ccc(Br)c(Br)c2)c1. The summed E-state index contributed by atoms with van der Waals surface area (Å²) in [5.41, 5.74) is 1.16. The summed E-state index contributed by atoms with van der Waals surface area (Å²) in [6.45, 7) is 0.395. The predicted octanol–water partition coefficient (Wildman–Crippen LogP) is 4.66. The molecule has 0 amide bonds. The molecule has 104 valence electrons. The molecule has 0 heterocycles. The number of hydrogen-bond acceptors (Lipinski definition) is 2. The normalized spacial score (nSPS) is 10.3. The molecule has 0 aliphatic heterocycles. The summed E-state index contributed by atoms with van der Waals surface area (Å²) in [6, 6.07) is 9.33. The summed E-state index contributed by atoms with van der Waals surface area (Å²) >= 11 is 6.76. The lowest BCUT2D eigenvalue weighted by atomic mass is 10.1. The Balaban J connectivity index is 2.15. The maximum atomic E-state index is 13.6. The molecule has 0 aromatic heterocycles. The quantitative estimate of drug-likeness (QED) is 0.781. The van der Waals surface area contributed by atoms with Crippen LogP contribution in [-0.4, -0.2) is 11.1 Å². The molecule has 0 spiro atoms. The highest BCUT2D eigenvalue weighted by Crippen LogP contribution is 2.24. The van der Waals surface area contributed by atoms with E-state index in [1.807, 2.05) is 18.2 Å². The zero-order chi connectivity index (χ0) is 14.7. The van der Waals surface area contributed by atoms with E-state index in [0.717, 1.165) is 20.6 Å². The van der Waals surface area contributed by atoms with Crippen molar-refractivity contribution in [2.24, 2.45) is 0 Å². The van der Waals surface area contributed by atoms with Crippen molar-refractivity contribution in [2.45, 2.75) is 6.54 Å². The molecule has 2 aromatic rings. The van der Waals surface area contributed by atoms with Crippen molar-refractivity contribution in [2.75, 3.05) is 5.32 Å². The van der Waals surface area contributed by atoms with Crippen molar-refractivity contribution < 1.29 is 14.3 Å². The van der Waals surface area contributed by atoms with Gasteiger partial charge in [-0.25, -0.2) is 9.18 Å². The van der Waals surface area contributed by atoms with Gasteiger partial charge in [0.15, 0.2) is 0 Å². The highest BCUT2D eigenvalue weighted by molar-refractivity contribution is 9.13. The van der Waals surface area contributed by atoms with Gasteiger partial charge in [-0.2, -0.15) is 0 Å². The summed E-state index contributed by atoms with van der Waals surface area (Å²) in [7, 11) is 0. The number of hydrogen-bond donors (Lipinski definition) is 2. The summed E-state index contributed by atoms with van der Waals surface area (Å²) < 4.78 is 15.4. The Bertz CT molecular complexity index is 662. The number of carboxylic acids is 1. The molecular weight excluding hydrogens is 393 g/mol. The number of carbonyl (C=O) groups is 1. The Hall–Kier alpha value is -1.40. The van der Waals surface area contributed by atoms with E-state index in [9.17, 15) is 9.18 Å². The molecule has 0 fully saturated rings. The second-order valence-electron chi connectivity index (χ2n) is 4.10. The topological polar surface area (TPSA) is 49.3 Å². The number of nitrogens with one attached hydrogen (secondary N) is 1. The number of halogens is 3. The van der Waals surface area contributed by atoms with Gasteiger partial charge in [0.25, 0.3) is 0 Å². The molecule has 3 nitrogen and oxygen atoms in total. The van der Waals surface area contributed by atoms with Crippen LogP contribution in [0.15, 0.2) is 45.3 Å². The largest absolute Gasteiger partial charge is 0.478 e. The van der Waals surface area contributed by atoms with Crippen molar-refractivity contribution in [3.05, 3.63) is 62.3 Å². The molecule has 0 unspecified atom stereocenters. The van der Waals surface area contributed by atoms with Crippen LogP contribution >= 0.6 is 31.9 Å². The van der Waals surface area contributed by atoms with Gasteiger partial charge in [-0.15, -0.1) is 0 Å². The van der Waals surface area contributed by atoms with E-state index >= 15 is 0 Å². The van der Waals surface area contributed by atoms with Gasteiger partial charge in [-0.1, -0.05) is 6.07 Å². The minimum Gasteiger partial charge on any atom is -0.478 e. The smallest absolute Gasteiger partial charge is 0.335 e. The second-order valence-corrected chi connectivity index (χ2v) is 5.81. The van der Waals surface area contributed by atoms with Crippen LogP contribution in [0.1, 0.15) is 15.9 Å². The molecule has 20 heavy (non-hydrogen) atoms. The molecule has 0 aliphatic carbocycles. The molecule has 0 radical (unpaired) electrons. The van der Waals surface area contributed by atoms with E-state index in [1.165, 1.54) is 12.1 Å². The van der Waals surface area contributed by atoms with Gasteiger partial charge in [0.2, 0.25) is 0 Å². The van der Waals surface area contributed by atoms with Crippen LogP contribution < -0.4 is 5.32 Å². The molecule has 0 saturated carbocycles. The van der Waals surface area contributed by atoms with Crippen LogP contribution in [0.2, 0.25) is 0 Å². The Morgan fingerprint density at radius 3 is 2.55 bits per heavy atom. The molecule has 6 heteroatoms. The summed E-state index contributed by atoms with van der Waals surface area (Å²) in [5, 5.41) is 11.8. The van der Waals surface area contributed by atoms with E-state index in [1.54, 1.807) is 0 Å². The van der Waals surface area contributed by atoms with Crippen LogP contribution in [0.4, 0.5) is 10.1 Å². The first-order chi connectivity index (χ1) is 9.47. The molecule has 2 rings (SSSR count). The number of carboxylic acid groups (broad SMARTS) is 1. The second kappa shape index (κ2) is 6.37. The Kier molecular flexibility index (Phi) is 4.77. The van der Waals surface area contributed by atoms with Crippen LogP contribution in [-0.2, 0) is 6.54 Å². The van der Waals surface area contributed by atoms with E-state index in [2.05, 4.69) is 37.2 Å². The van der Waals surface area contributed by atoms with Crippen molar-refractivity contribution in [1.29, 1.82) is 0 Å². The van der Waals surface area contributed by atoms with Crippen molar-refractivity contribution in [3.8, 4) is 0 Å². The van der Waals surface area contributed by atoms with Gasteiger partial charge in [0, 0.05) is 15.5 Å². The first kappa shape index (κ1) is 15.0. The van der Waals surface area contributed by atoms with E-state index in [4.69, 9.17) is 5.11 Å². The number of anilines is 1. The first-order valence-electron chi connectivity index (χ1n) is 5.68. The third-order valence-corrected chi connectivity index (χ3v) is 4.56. The number of rotatable bonds is 4. The van der Waals surface area contributed by atoms with Crippen molar-refractivity contribution in [1.82, 2.24) is 0 Å². The average molecular weight is 403 g/mol. The molecule has 0 aliphatic rings. The summed E-state index contributed by atoms with van der Waals surface area (Å²) in [6.07, 6.45) is 0. The minimum absolute atomic E-state index is 0.0471. The van der Waals surface area contributed by atoms with Gasteiger partial charge in [0.1, 0.15) is 5.82 Å². The number of aromatic carboxylic acids is 1. The van der Waals surface area contributed by atoms with Crippen LogP contribution in [0, 0.1) is 5.82 Å². The highest BCUT2D eigenvalue weighted by atomic mass is 79.9. The fourth-order valence-electron chi connectivity index (χ4n) is 1.64. The van der Waals surface area contributed by atoms with Gasteiger partial charge >= 0.3 is 5.97 Å². The van der Waals surface area contributed by atoms with E-state index in [0.29, 0.717) is 6.54 Å². The van der Waals surface area contributed by atoms with Gasteiger partial charge in [0.05, 0.1) is 11.3 Å². The average Bonchev–Trinajstić information content (AvgIpc) is 2.41. The van der Waals surface area contributed by atoms with E-state index < -0.39 is 11.8 Å². The van der Waals surface area contributed by atoms with Crippen molar-refractivity contribution in [3.63, 3.8) is 0 Å². The fourth-order valence-corrected chi connectivity index (χ4v) is 2.31. The van der Waals surface area contributed by atoms with Crippen LogP contribution in [0.5, 0.6) is 0 Å². The minimum atomic E-state index is -1.08. The highest BCUT2D eigenvalue weighted by Gasteiger charge is 2.08. The maximum Gasteiger partial charge on any atom is 0.335 e. The third-order valence-electron chi connectivity index (χ3n) is 2.68. The lowest BCUT2D eigenvalue weighted by Crippen LogP contribution is -2.04. The summed E-state index contributed by atoms with van der Waals surface area (Å²) in [5.74, 6) is -1.56. The summed E-state index contributed by atoms with van der Waals surface area (Å²) in [4.78, 5) is 10.9. The Morgan fingerprint density at radius 1 is 1.15 bits per heavy atom. The fraction of sp³-hybridized carbons (Fsp3) is 0.0714. The molecular formula is C14H10Br2FNO2. The molecule has 0 atom stereocenters. The lowest BCUT2D eigenvalue weighted by Gasteiger charge is -2.09. The van der Waals surface area contributed by atoms with Crippen LogP contribution in [0.25, 0.3) is 0 Å². The Morgan fingerprint density at radius 2 is 1.90 bits per heavy atom. The lowest BCUT2D eigenvalue weighted by molar-refractivity contribution is 0.0697. The molecule has 2 aromatic carbocycles. The molecule has 2 N–H and O–H groups in total.